The molecular formula is C18H20N2O4S. The fraction of sp³-hybridized carbons (Fsp3) is 0.333. The summed E-state index contributed by atoms with van der Waals surface area (Å²) in [5.74, 6) is 0.391. The lowest BCUT2D eigenvalue weighted by atomic mass is 10.2. The molecule has 25 heavy (non-hydrogen) atoms. The topological polar surface area (TPSA) is 59.1 Å². The van der Waals surface area contributed by atoms with Crippen LogP contribution in [0, 0.1) is 0 Å². The summed E-state index contributed by atoms with van der Waals surface area (Å²) in [5.41, 5.74) is 0.765. The SMILES string of the molecule is C=CCOc1ccccc1/C=C1\SC(=O)N(CN2CCOCC2)C1=O. The molecule has 0 bridgehead atoms. The molecule has 2 fully saturated rings. The molecule has 0 atom stereocenters. The van der Waals surface area contributed by atoms with E-state index in [1.165, 1.54) is 4.90 Å². The number of hydrogen-bond acceptors (Lipinski definition) is 6. The molecule has 1 aromatic rings. The number of carbonyl (C=O) groups excluding carboxylic acids is 2. The van der Waals surface area contributed by atoms with Gasteiger partial charge < -0.3 is 9.47 Å². The van der Waals surface area contributed by atoms with E-state index in [-0.39, 0.29) is 11.1 Å². The number of imide groups is 1. The van der Waals surface area contributed by atoms with E-state index in [9.17, 15) is 9.59 Å². The first kappa shape index (κ1) is 17.7. The molecule has 2 aliphatic heterocycles. The van der Waals surface area contributed by atoms with Crippen LogP contribution in [0.1, 0.15) is 5.56 Å². The highest BCUT2D eigenvalue weighted by Crippen LogP contribution is 2.34. The first-order chi connectivity index (χ1) is 12.2. The van der Waals surface area contributed by atoms with Gasteiger partial charge in [-0.15, -0.1) is 0 Å². The third-order valence-electron chi connectivity index (χ3n) is 3.88. The molecule has 132 valence electrons. The molecule has 0 N–H and O–H groups in total. The number of hydrogen-bond donors (Lipinski definition) is 0. The lowest BCUT2D eigenvalue weighted by Crippen LogP contribution is -2.45. The monoisotopic (exact) mass is 360 g/mol. The normalized spacial score (nSPS) is 20.3. The summed E-state index contributed by atoms with van der Waals surface area (Å²) in [6, 6.07) is 7.41. The van der Waals surface area contributed by atoms with E-state index in [1.54, 1.807) is 12.2 Å². The number of carbonyl (C=O) groups is 2. The highest BCUT2D eigenvalue weighted by atomic mass is 32.2. The minimum absolute atomic E-state index is 0.243. The van der Waals surface area contributed by atoms with Gasteiger partial charge in [-0.25, -0.2) is 0 Å². The van der Waals surface area contributed by atoms with Crippen LogP contribution in [0.2, 0.25) is 0 Å². The van der Waals surface area contributed by atoms with E-state index in [0.717, 1.165) is 30.4 Å². The van der Waals surface area contributed by atoms with Crippen molar-refractivity contribution >= 4 is 29.0 Å². The highest BCUT2D eigenvalue weighted by Gasteiger charge is 2.36. The van der Waals surface area contributed by atoms with E-state index in [0.29, 0.717) is 37.1 Å². The van der Waals surface area contributed by atoms with Crippen LogP contribution in [0.15, 0.2) is 41.8 Å². The first-order valence-electron chi connectivity index (χ1n) is 8.07. The smallest absolute Gasteiger partial charge is 0.294 e. The predicted molar refractivity (Wildman–Crippen MR) is 97.2 cm³/mol. The van der Waals surface area contributed by atoms with Gasteiger partial charge in [0.2, 0.25) is 0 Å². The zero-order valence-corrected chi connectivity index (χ0v) is 14.7. The molecule has 7 heteroatoms. The molecule has 0 spiro atoms. The summed E-state index contributed by atoms with van der Waals surface area (Å²) in [4.78, 5) is 28.6. The summed E-state index contributed by atoms with van der Waals surface area (Å²) < 4.78 is 10.9. The van der Waals surface area contributed by atoms with Gasteiger partial charge in [-0.1, -0.05) is 30.9 Å². The van der Waals surface area contributed by atoms with Crippen molar-refractivity contribution in [2.24, 2.45) is 0 Å². The van der Waals surface area contributed by atoms with Crippen LogP contribution in [0.5, 0.6) is 5.75 Å². The van der Waals surface area contributed by atoms with Gasteiger partial charge in [0, 0.05) is 18.7 Å². The summed E-state index contributed by atoms with van der Waals surface area (Å²) in [5, 5.41) is -0.243. The summed E-state index contributed by atoms with van der Waals surface area (Å²) in [6.45, 7) is 7.01. The van der Waals surface area contributed by atoms with Gasteiger partial charge in [-0.2, -0.15) is 0 Å². The zero-order chi connectivity index (χ0) is 17.6. The molecule has 2 heterocycles. The maximum atomic E-state index is 12.6. The van der Waals surface area contributed by atoms with Crippen molar-refractivity contribution in [3.8, 4) is 5.75 Å². The highest BCUT2D eigenvalue weighted by molar-refractivity contribution is 8.18. The number of para-hydroxylation sites is 1. The molecule has 0 saturated carbocycles. The van der Waals surface area contributed by atoms with E-state index in [2.05, 4.69) is 6.58 Å². The summed E-state index contributed by atoms with van der Waals surface area (Å²) >= 11 is 0.963. The Balaban J connectivity index is 1.75. The van der Waals surface area contributed by atoms with Crippen LogP contribution in [0.4, 0.5) is 4.79 Å². The molecular weight excluding hydrogens is 340 g/mol. The Morgan fingerprint density at radius 1 is 1.24 bits per heavy atom. The lowest BCUT2D eigenvalue weighted by molar-refractivity contribution is -0.125. The van der Waals surface area contributed by atoms with Gasteiger partial charge in [-0.3, -0.25) is 19.4 Å². The quantitative estimate of drug-likeness (QED) is 0.574. The number of rotatable bonds is 6. The van der Waals surface area contributed by atoms with Crippen LogP contribution < -0.4 is 4.74 Å². The summed E-state index contributed by atoms with van der Waals surface area (Å²) in [6.07, 6.45) is 3.37. The van der Waals surface area contributed by atoms with Crippen LogP contribution in [-0.2, 0) is 9.53 Å². The molecule has 6 nitrogen and oxygen atoms in total. The Bertz CT molecular complexity index is 698. The standard InChI is InChI=1S/C18H20N2O4S/c1-2-9-24-15-6-4-3-5-14(15)12-16-17(21)20(18(22)25-16)13-19-7-10-23-11-8-19/h2-6,12H,1,7-11,13H2/b16-12-. The molecule has 2 amide bonds. The Morgan fingerprint density at radius 2 is 2.00 bits per heavy atom. The molecule has 0 aromatic heterocycles. The summed E-state index contributed by atoms with van der Waals surface area (Å²) in [7, 11) is 0. The molecule has 0 radical (unpaired) electrons. The van der Waals surface area contributed by atoms with Crippen molar-refractivity contribution < 1.29 is 19.1 Å². The van der Waals surface area contributed by atoms with E-state index in [4.69, 9.17) is 9.47 Å². The largest absolute Gasteiger partial charge is 0.489 e. The fourth-order valence-corrected chi connectivity index (χ4v) is 3.41. The van der Waals surface area contributed by atoms with Crippen molar-refractivity contribution in [2.45, 2.75) is 0 Å². The van der Waals surface area contributed by atoms with Crippen molar-refractivity contribution in [3.05, 3.63) is 47.4 Å². The number of ether oxygens (including phenoxy) is 2. The van der Waals surface area contributed by atoms with Crippen LogP contribution in [0.3, 0.4) is 0 Å². The first-order valence-corrected chi connectivity index (χ1v) is 8.89. The third-order valence-corrected chi connectivity index (χ3v) is 4.79. The second kappa shape index (κ2) is 8.33. The third kappa shape index (κ3) is 4.31. The van der Waals surface area contributed by atoms with Gasteiger partial charge >= 0.3 is 0 Å². The Hall–Kier alpha value is -2.09. The number of amides is 2. The Morgan fingerprint density at radius 3 is 2.76 bits per heavy atom. The Labute approximate surface area is 151 Å². The van der Waals surface area contributed by atoms with Crippen molar-refractivity contribution in [3.63, 3.8) is 0 Å². The van der Waals surface area contributed by atoms with Gasteiger partial charge in [0.1, 0.15) is 12.4 Å². The minimum Gasteiger partial charge on any atom is -0.489 e. The van der Waals surface area contributed by atoms with E-state index in [1.807, 2.05) is 29.2 Å². The van der Waals surface area contributed by atoms with Gasteiger partial charge in [0.25, 0.3) is 11.1 Å². The van der Waals surface area contributed by atoms with Crippen LogP contribution >= 0.6 is 11.8 Å². The fourth-order valence-electron chi connectivity index (χ4n) is 2.59. The molecule has 2 aliphatic rings. The minimum atomic E-state index is -0.264. The van der Waals surface area contributed by atoms with Crippen molar-refractivity contribution in [1.29, 1.82) is 0 Å². The van der Waals surface area contributed by atoms with E-state index >= 15 is 0 Å². The Kier molecular flexibility index (Phi) is 5.91. The number of thioether (sulfide) groups is 1. The number of benzene rings is 1. The number of morpholine rings is 1. The maximum Gasteiger partial charge on any atom is 0.294 e. The second-order valence-corrected chi connectivity index (χ2v) is 6.61. The predicted octanol–water partition coefficient (Wildman–Crippen LogP) is 2.58. The average molecular weight is 360 g/mol. The van der Waals surface area contributed by atoms with Crippen molar-refractivity contribution in [1.82, 2.24) is 9.80 Å². The van der Waals surface area contributed by atoms with Crippen LogP contribution in [0.25, 0.3) is 6.08 Å². The second-order valence-electron chi connectivity index (χ2n) is 5.62. The molecule has 0 aliphatic carbocycles. The maximum absolute atomic E-state index is 12.6. The molecule has 3 rings (SSSR count). The van der Waals surface area contributed by atoms with E-state index < -0.39 is 0 Å². The molecule has 1 aromatic carbocycles. The zero-order valence-electron chi connectivity index (χ0n) is 13.8. The average Bonchev–Trinajstić information content (AvgIpc) is 2.89. The van der Waals surface area contributed by atoms with Gasteiger partial charge in [0.05, 0.1) is 24.8 Å². The van der Waals surface area contributed by atoms with Gasteiger partial charge in [0.15, 0.2) is 0 Å². The lowest BCUT2D eigenvalue weighted by Gasteiger charge is -2.29. The van der Waals surface area contributed by atoms with Crippen molar-refractivity contribution in [2.75, 3.05) is 39.6 Å². The van der Waals surface area contributed by atoms with Crippen LogP contribution in [-0.4, -0.2) is 60.5 Å². The van der Waals surface area contributed by atoms with Gasteiger partial charge in [-0.05, 0) is 23.9 Å². The number of nitrogens with zero attached hydrogens (tertiary/aromatic N) is 2. The molecule has 2 saturated heterocycles. The molecule has 0 unspecified atom stereocenters.